The lowest BCUT2D eigenvalue weighted by Crippen LogP contribution is -2.43. The van der Waals surface area contributed by atoms with Crippen molar-refractivity contribution in [3.8, 4) is 11.1 Å². The third-order valence-electron chi connectivity index (χ3n) is 7.32. The van der Waals surface area contributed by atoms with Crippen molar-refractivity contribution >= 4 is 12.1 Å². The molecule has 1 saturated heterocycles. The molecule has 1 heterocycles. The summed E-state index contributed by atoms with van der Waals surface area (Å²) in [5.74, 6) is 0.313. The molecule has 30 heavy (non-hydrogen) atoms. The first-order chi connectivity index (χ1) is 14.6. The van der Waals surface area contributed by atoms with E-state index >= 15 is 0 Å². The second-order valence-corrected chi connectivity index (χ2v) is 8.90. The van der Waals surface area contributed by atoms with Gasteiger partial charge < -0.3 is 14.7 Å². The number of carbonyl (C=O) groups excluding carboxylic acids is 1. The fraction of sp³-hybridized carbons (Fsp3) is 0.440. The Morgan fingerprint density at radius 3 is 2.03 bits per heavy atom. The van der Waals surface area contributed by atoms with E-state index < -0.39 is 5.97 Å². The number of benzene rings is 2. The molecule has 0 unspecified atom stereocenters. The number of carboxylic acid groups (broad SMARTS) is 1. The molecule has 2 fully saturated rings. The number of ether oxygens (including phenoxy) is 1. The van der Waals surface area contributed by atoms with Crippen molar-refractivity contribution in [1.29, 1.82) is 0 Å². The van der Waals surface area contributed by atoms with Crippen LogP contribution in [0, 0.1) is 17.8 Å². The molecule has 0 bridgehead atoms. The van der Waals surface area contributed by atoms with Crippen LogP contribution in [0.3, 0.4) is 0 Å². The number of hydrogen-bond donors (Lipinski definition) is 1. The summed E-state index contributed by atoms with van der Waals surface area (Å²) in [6, 6.07) is 16.7. The van der Waals surface area contributed by atoms with Crippen LogP contribution >= 0.6 is 0 Å². The van der Waals surface area contributed by atoms with Gasteiger partial charge in [0, 0.05) is 19.0 Å². The van der Waals surface area contributed by atoms with Crippen LogP contribution in [0.4, 0.5) is 4.79 Å². The molecule has 1 saturated carbocycles. The number of carboxylic acids is 1. The summed E-state index contributed by atoms with van der Waals surface area (Å²) in [6.45, 7) is 1.76. The zero-order valence-corrected chi connectivity index (χ0v) is 17.0. The molecule has 1 amide bonds. The summed E-state index contributed by atoms with van der Waals surface area (Å²) in [7, 11) is 0. The Morgan fingerprint density at radius 1 is 0.900 bits per heavy atom. The molecule has 5 rings (SSSR count). The van der Waals surface area contributed by atoms with Gasteiger partial charge in [0.2, 0.25) is 0 Å². The molecular weight excluding hydrogens is 378 g/mol. The highest BCUT2D eigenvalue weighted by Gasteiger charge is 2.40. The van der Waals surface area contributed by atoms with Gasteiger partial charge in [-0.05, 0) is 59.8 Å². The Kier molecular flexibility index (Phi) is 4.97. The summed E-state index contributed by atoms with van der Waals surface area (Å²) in [5.41, 5.74) is 4.91. The molecule has 2 aliphatic carbocycles. The molecule has 0 radical (unpaired) electrons. The molecule has 3 aliphatic rings. The van der Waals surface area contributed by atoms with Crippen LogP contribution in [-0.4, -0.2) is 41.8 Å². The van der Waals surface area contributed by atoms with Gasteiger partial charge >= 0.3 is 12.1 Å². The van der Waals surface area contributed by atoms with Gasteiger partial charge in [0.15, 0.2) is 0 Å². The lowest BCUT2D eigenvalue weighted by molar-refractivity contribution is -0.147. The molecule has 5 heteroatoms. The highest BCUT2D eigenvalue weighted by molar-refractivity contribution is 5.79. The van der Waals surface area contributed by atoms with E-state index in [1.807, 2.05) is 17.0 Å². The lowest BCUT2D eigenvalue weighted by Gasteiger charge is -2.42. The van der Waals surface area contributed by atoms with Crippen molar-refractivity contribution in [2.24, 2.45) is 17.8 Å². The molecule has 0 atom stereocenters. The van der Waals surface area contributed by atoms with Gasteiger partial charge in [-0.1, -0.05) is 48.5 Å². The first-order valence-electron chi connectivity index (χ1n) is 10.9. The maximum atomic E-state index is 12.7. The fourth-order valence-electron chi connectivity index (χ4n) is 5.49. The number of fused-ring (bicyclic) bond motifs is 3. The zero-order valence-electron chi connectivity index (χ0n) is 17.0. The Hall–Kier alpha value is -2.82. The van der Waals surface area contributed by atoms with E-state index in [4.69, 9.17) is 9.84 Å². The number of piperidine rings is 1. The van der Waals surface area contributed by atoms with Crippen molar-refractivity contribution in [1.82, 2.24) is 4.90 Å². The van der Waals surface area contributed by atoms with E-state index in [0.29, 0.717) is 31.5 Å². The Balaban J connectivity index is 1.16. The maximum absolute atomic E-state index is 12.7. The third kappa shape index (κ3) is 3.36. The average Bonchev–Trinajstić information content (AvgIpc) is 3.05. The molecule has 2 aromatic carbocycles. The van der Waals surface area contributed by atoms with Gasteiger partial charge in [0.1, 0.15) is 6.61 Å². The number of carbonyl (C=O) groups is 2. The van der Waals surface area contributed by atoms with Crippen molar-refractivity contribution in [3.63, 3.8) is 0 Å². The summed E-state index contributed by atoms with van der Waals surface area (Å²) >= 11 is 0. The highest BCUT2D eigenvalue weighted by atomic mass is 16.6. The SMILES string of the molecule is O=C(O)C1CC(C2CCN(C(=O)OCC3c4ccccc4-c4ccccc43)CC2)C1. The molecule has 1 N–H and O–H groups in total. The number of amides is 1. The Morgan fingerprint density at radius 2 is 1.47 bits per heavy atom. The predicted octanol–water partition coefficient (Wildman–Crippen LogP) is 4.76. The minimum absolute atomic E-state index is 0.0850. The Bertz CT molecular complexity index is 912. The van der Waals surface area contributed by atoms with E-state index in [1.165, 1.54) is 22.3 Å². The standard InChI is InChI=1S/C25H27NO4/c27-24(28)18-13-17(14-18)16-9-11-26(12-10-16)25(29)30-15-23-21-7-3-1-5-19(21)20-6-2-4-8-22(20)23/h1-8,16-18,23H,9-15H2,(H,27,28). The highest BCUT2D eigenvalue weighted by Crippen LogP contribution is 2.45. The summed E-state index contributed by atoms with van der Waals surface area (Å²) in [5, 5.41) is 9.07. The van der Waals surface area contributed by atoms with E-state index in [1.54, 1.807) is 0 Å². The second kappa shape index (κ2) is 7.78. The molecule has 2 aromatic rings. The minimum atomic E-state index is -0.665. The summed E-state index contributed by atoms with van der Waals surface area (Å²) in [6.07, 6.45) is 3.26. The largest absolute Gasteiger partial charge is 0.481 e. The number of hydrogen-bond acceptors (Lipinski definition) is 3. The number of likely N-dealkylation sites (tertiary alicyclic amines) is 1. The monoisotopic (exact) mass is 405 g/mol. The molecule has 1 aliphatic heterocycles. The van der Waals surface area contributed by atoms with E-state index in [0.717, 1.165) is 25.7 Å². The number of rotatable bonds is 4. The van der Waals surface area contributed by atoms with E-state index in [2.05, 4.69) is 36.4 Å². The van der Waals surface area contributed by atoms with Crippen LogP contribution in [-0.2, 0) is 9.53 Å². The fourth-order valence-corrected chi connectivity index (χ4v) is 5.49. The van der Waals surface area contributed by atoms with E-state index in [9.17, 15) is 9.59 Å². The van der Waals surface area contributed by atoms with E-state index in [-0.39, 0.29) is 17.9 Å². The van der Waals surface area contributed by atoms with Gasteiger partial charge in [-0.2, -0.15) is 0 Å². The van der Waals surface area contributed by atoms with Crippen LogP contribution in [0.1, 0.15) is 42.7 Å². The first-order valence-corrected chi connectivity index (χ1v) is 10.9. The van der Waals surface area contributed by atoms with Crippen LogP contribution in [0.25, 0.3) is 11.1 Å². The van der Waals surface area contributed by atoms with Gasteiger partial charge in [-0.25, -0.2) is 4.79 Å². The smallest absolute Gasteiger partial charge is 0.409 e. The third-order valence-corrected chi connectivity index (χ3v) is 7.32. The molecule has 156 valence electrons. The summed E-state index contributed by atoms with van der Waals surface area (Å²) in [4.78, 5) is 25.5. The zero-order chi connectivity index (χ0) is 20.7. The lowest BCUT2D eigenvalue weighted by atomic mass is 9.66. The van der Waals surface area contributed by atoms with Crippen molar-refractivity contribution in [2.75, 3.05) is 19.7 Å². The van der Waals surface area contributed by atoms with Crippen molar-refractivity contribution in [2.45, 2.75) is 31.6 Å². The van der Waals surface area contributed by atoms with Gasteiger partial charge in [-0.3, -0.25) is 4.79 Å². The van der Waals surface area contributed by atoms with Crippen LogP contribution in [0.2, 0.25) is 0 Å². The second-order valence-electron chi connectivity index (χ2n) is 8.90. The molecular formula is C25H27NO4. The number of nitrogens with zero attached hydrogens (tertiary/aromatic N) is 1. The first kappa shape index (κ1) is 19.2. The molecule has 0 aromatic heterocycles. The van der Waals surface area contributed by atoms with Crippen molar-refractivity contribution in [3.05, 3.63) is 59.7 Å². The van der Waals surface area contributed by atoms with Crippen LogP contribution < -0.4 is 0 Å². The van der Waals surface area contributed by atoms with Gasteiger partial charge in [-0.15, -0.1) is 0 Å². The minimum Gasteiger partial charge on any atom is -0.481 e. The van der Waals surface area contributed by atoms with Gasteiger partial charge in [0.25, 0.3) is 0 Å². The maximum Gasteiger partial charge on any atom is 0.409 e. The predicted molar refractivity (Wildman–Crippen MR) is 113 cm³/mol. The van der Waals surface area contributed by atoms with Gasteiger partial charge in [0.05, 0.1) is 5.92 Å². The molecule has 5 nitrogen and oxygen atoms in total. The number of aliphatic carboxylic acids is 1. The Labute approximate surface area is 176 Å². The van der Waals surface area contributed by atoms with Crippen LogP contribution in [0.5, 0.6) is 0 Å². The normalized spacial score (nSPS) is 23.4. The van der Waals surface area contributed by atoms with Crippen molar-refractivity contribution < 1.29 is 19.4 Å². The average molecular weight is 405 g/mol. The quantitative estimate of drug-likeness (QED) is 0.797. The topological polar surface area (TPSA) is 66.8 Å². The van der Waals surface area contributed by atoms with Crippen LogP contribution in [0.15, 0.2) is 48.5 Å². The summed E-state index contributed by atoms with van der Waals surface area (Å²) < 4.78 is 5.77. The molecule has 0 spiro atoms.